The molecule has 0 spiro atoms. The predicted octanol–water partition coefficient (Wildman–Crippen LogP) is 1.52. The molecule has 0 atom stereocenters. The molecule has 3 nitrogen and oxygen atoms in total. The van der Waals surface area contributed by atoms with E-state index in [9.17, 15) is 0 Å². The SMILES string of the molecule is COC(C)(OC)O[SiH2]CC(C)(C)C. The lowest BCUT2D eigenvalue weighted by Crippen LogP contribution is -2.35. The quantitative estimate of drug-likeness (QED) is 0.504. The van der Waals surface area contributed by atoms with E-state index in [0.29, 0.717) is 5.41 Å². The normalized spacial score (nSPS) is 14.3. The van der Waals surface area contributed by atoms with Crippen molar-refractivity contribution in [3.63, 3.8) is 0 Å². The molecule has 0 saturated carbocycles. The fourth-order valence-electron chi connectivity index (χ4n) is 0.744. The molecule has 0 radical (unpaired) electrons. The van der Waals surface area contributed by atoms with E-state index in [1.807, 2.05) is 0 Å². The fourth-order valence-corrected chi connectivity index (χ4v) is 2.06. The second kappa shape index (κ2) is 5.10. The summed E-state index contributed by atoms with van der Waals surface area (Å²) in [4.78, 5) is 0. The van der Waals surface area contributed by atoms with Gasteiger partial charge in [0.05, 0.1) is 0 Å². The molecule has 0 aromatic heterocycles. The van der Waals surface area contributed by atoms with E-state index in [0.717, 1.165) is 6.04 Å². The summed E-state index contributed by atoms with van der Waals surface area (Å²) in [7, 11) is 2.62. The Hall–Kier alpha value is 0.0969. The predicted molar refractivity (Wildman–Crippen MR) is 56.3 cm³/mol. The Morgan fingerprint density at radius 2 is 1.46 bits per heavy atom. The molecule has 0 saturated heterocycles. The molecule has 80 valence electrons. The molecule has 0 aromatic rings. The van der Waals surface area contributed by atoms with Crippen LogP contribution in [0.25, 0.3) is 0 Å². The highest BCUT2D eigenvalue weighted by Gasteiger charge is 2.24. The first-order valence-corrected chi connectivity index (χ1v) is 6.15. The van der Waals surface area contributed by atoms with Gasteiger partial charge in [0.25, 0.3) is 5.97 Å². The van der Waals surface area contributed by atoms with E-state index in [2.05, 4.69) is 20.8 Å². The fraction of sp³-hybridized carbons (Fsp3) is 1.00. The van der Waals surface area contributed by atoms with Gasteiger partial charge >= 0.3 is 0 Å². The summed E-state index contributed by atoms with van der Waals surface area (Å²) < 4.78 is 15.8. The third-order valence-corrected chi connectivity index (χ3v) is 4.39. The van der Waals surface area contributed by atoms with Gasteiger partial charge in [-0.3, -0.25) is 0 Å². The Bertz CT molecular complexity index is 138. The Balaban J connectivity index is 3.74. The van der Waals surface area contributed by atoms with E-state index < -0.39 is 15.7 Å². The smallest absolute Gasteiger partial charge is 0.269 e. The van der Waals surface area contributed by atoms with Crippen LogP contribution >= 0.6 is 0 Å². The Labute approximate surface area is 83.7 Å². The first kappa shape index (κ1) is 13.1. The highest BCUT2D eigenvalue weighted by molar-refractivity contribution is 6.27. The number of ether oxygens (including phenoxy) is 2. The molecule has 0 amide bonds. The van der Waals surface area contributed by atoms with Crippen LogP contribution in [-0.4, -0.2) is 30.0 Å². The average molecular weight is 206 g/mol. The lowest BCUT2D eigenvalue weighted by molar-refractivity contribution is -0.310. The Morgan fingerprint density at radius 3 is 1.77 bits per heavy atom. The van der Waals surface area contributed by atoms with Gasteiger partial charge in [-0.2, -0.15) is 0 Å². The standard InChI is InChI=1S/C9H22O3Si/c1-8(2,3)7-13-12-9(4,10-5)11-6/h7,13H2,1-6H3. The van der Waals surface area contributed by atoms with Crippen LogP contribution in [0, 0.1) is 5.41 Å². The monoisotopic (exact) mass is 206 g/mol. The van der Waals surface area contributed by atoms with Crippen molar-refractivity contribution in [2.45, 2.75) is 39.7 Å². The van der Waals surface area contributed by atoms with Gasteiger partial charge in [0, 0.05) is 21.1 Å². The molecule has 0 aliphatic heterocycles. The van der Waals surface area contributed by atoms with E-state index in [1.54, 1.807) is 21.1 Å². The van der Waals surface area contributed by atoms with Crippen LogP contribution in [-0.2, 0) is 13.9 Å². The maximum absolute atomic E-state index is 5.60. The summed E-state index contributed by atoms with van der Waals surface area (Å²) in [5, 5.41) is 0. The summed E-state index contributed by atoms with van der Waals surface area (Å²) in [5.41, 5.74) is 0.342. The molecule has 0 N–H and O–H groups in total. The number of rotatable bonds is 5. The zero-order valence-electron chi connectivity index (χ0n) is 9.64. The molecule has 13 heavy (non-hydrogen) atoms. The van der Waals surface area contributed by atoms with Crippen molar-refractivity contribution >= 4 is 9.76 Å². The van der Waals surface area contributed by atoms with E-state index >= 15 is 0 Å². The molecule has 0 rings (SSSR count). The van der Waals surface area contributed by atoms with Crippen LogP contribution in [0.1, 0.15) is 27.7 Å². The topological polar surface area (TPSA) is 27.7 Å². The molecule has 0 aliphatic rings. The minimum absolute atomic E-state index is 0.342. The van der Waals surface area contributed by atoms with Gasteiger partial charge in [-0.05, 0) is 11.5 Å². The first-order chi connectivity index (χ1) is 5.83. The van der Waals surface area contributed by atoms with Crippen molar-refractivity contribution in [3.05, 3.63) is 0 Å². The molecule has 0 bridgehead atoms. The number of hydrogen-bond acceptors (Lipinski definition) is 3. The molecule has 0 aromatic carbocycles. The zero-order valence-corrected chi connectivity index (χ0v) is 11.1. The summed E-state index contributed by atoms with van der Waals surface area (Å²) in [5.74, 6) is -0.836. The minimum atomic E-state index is -0.836. The van der Waals surface area contributed by atoms with Gasteiger partial charge < -0.3 is 13.9 Å². The van der Waals surface area contributed by atoms with Gasteiger partial charge in [0.1, 0.15) is 0 Å². The van der Waals surface area contributed by atoms with Crippen molar-refractivity contribution in [1.29, 1.82) is 0 Å². The maximum atomic E-state index is 5.60. The molecular formula is C9H22O3Si. The zero-order chi connectivity index (χ0) is 10.5. The van der Waals surface area contributed by atoms with Gasteiger partial charge in [-0.1, -0.05) is 20.8 Å². The van der Waals surface area contributed by atoms with E-state index in [4.69, 9.17) is 13.9 Å². The van der Waals surface area contributed by atoms with Gasteiger partial charge in [0.2, 0.25) is 0 Å². The summed E-state index contributed by atoms with van der Waals surface area (Å²) >= 11 is 0. The second-order valence-electron chi connectivity index (χ2n) is 4.43. The average Bonchev–Trinajstić information content (AvgIpc) is 2.02. The third-order valence-electron chi connectivity index (χ3n) is 1.96. The van der Waals surface area contributed by atoms with Crippen LogP contribution in [0.15, 0.2) is 0 Å². The third kappa shape index (κ3) is 6.21. The molecule has 4 heteroatoms. The Kier molecular flexibility index (Phi) is 5.13. The molecule has 0 unspecified atom stereocenters. The number of hydrogen-bond donors (Lipinski definition) is 0. The van der Waals surface area contributed by atoms with Crippen LogP contribution in [0.2, 0.25) is 6.04 Å². The van der Waals surface area contributed by atoms with Crippen molar-refractivity contribution in [1.82, 2.24) is 0 Å². The van der Waals surface area contributed by atoms with Crippen LogP contribution in [0.5, 0.6) is 0 Å². The van der Waals surface area contributed by atoms with Gasteiger partial charge in [-0.15, -0.1) is 0 Å². The van der Waals surface area contributed by atoms with Crippen LogP contribution in [0.4, 0.5) is 0 Å². The van der Waals surface area contributed by atoms with Gasteiger partial charge in [0.15, 0.2) is 9.76 Å². The largest absolute Gasteiger partial charge is 0.376 e. The highest BCUT2D eigenvalue weighted by atomic mass is 28.2. The van der Waals surface area contributed by atoms with E-state index in [-0.39, 0.29) is 0 Å². The minimum Gasteiger partial charge on any atom is -0.376 e. The molecular weight excluding hydrogens is 184 g/mol. The highest BCUT2D eigenvalue weighted by Crippen LogP contribution is 2.20. The lowest BCUT2D eigenvalue weighted by Gasteiger charge is -2.28. The molecule has 0 aliphatic carbocycles. The lowest BCUT2D eigenvalue weighted by atomic mass is 10.0. The summed E-state index contributed by atoms with van der Waals surface area (Å²) in [6, 6.07) is 1.12. The number of methoxy groups -OCH3 is 2. The molecule has 0 fully saturated rings. The van der Waals surface area contributed by atoms with Crippen LogP contribution in [0.3, 0.4) is 0 Å². The van der Waals surface area contributed by atoms with Gasteiger partial charge in [-0.25, -0.2) is 0 Å². The van der Waals surface area contributed by atoms with Crippen molar-refractivity contribution in [2.24, 2.45) is 5.41 Å². The summed E-state index contributed by atoms with van der Waals surface area (Å²) in [6.07, 6.45) is 0. The summed E-state index contributed by atoms with van der Waals surface area (Å²) in [6.45, 7) is 8.42. The van der Waals surface area contributed by atoms with E-state index in [1.165, 1.54) is 0 Å². The van der Waals surface area contributed by atoms with Crippen molar-refractivity contribution < 1.29 is 13.9 Å². The van der Waals surface area contributed by atoms with Crippen molar-refractivity contribution in [3.8, 4) is 0 Å². The Morgan fingerprint density at radius 1 is 1.00 bits per heavy atom. The first-order valence-electron chi connectivity index (χ1n) is 4.57. The van der Waals surface area contributed by atoms with Crippen LogP contribution < -0.4 is 0 Å². The van der Waals surface area contributed by atoms with Crippen molar-refractivity contribution in [2.75, 3.05) is 14.2 Å². The molecule has 0 heterocycles. The maximum Gasteiger partial charge on any atom is 0.269 e. The second-order valence-corrected chi connectivity index (χ2v) is 5.63.